The molecule has 4 rings (SSSR count). The van der Waals surface area contributed by atoms with E-state index in [4.69, 9.17) is 13.9 Å². The molecule has 2 heterocycles. The minimum Gasteiger partial charge on any atom is -0.450 e. The van der Waals surface area contributed by atoms with E-state index in [1.54, 1.807) is 11.8 Å². The Morgan fingerprint density at radius 1 is 1.06 bits per heavy atom. The van der Waals surface area contributed by atoms with Crippen LogP contribution in [-0.2, 0) is 27.2 Å². The fraction of sp³-hybridized carbons (Fsp3) is 0.536. The van der Waals surface area contributed by atoms with E-state index in [0.29, 0.717) is 21.3 Å². The summed E-state index contributed by atoms with van der Waals surface area (Å²) in [5, 5.41) is 1.33. The molecule has 0 N–H and O–H groups in total. The van der Waals surface area contributed by atoms with E-state index < -0.39 is 0 Å². The Hall–Kier alpha value is -1.82. The van der Waals surface area contributed by atoms with E-state index in [9.17, 15) is 4.79 Å². The fourth-order valence-corrected chi connectivity index (χ4v) is 4.85. The van der Waals surface area contributed by atoms with Gasteiger partial charge in [0.25, 0.3) is 0 Å². The molecular weight excluding hydrogens is 432 g/mol. The highest BCUT2D eigenvalue weighted by Gasteiger charge is 2.19. The first-order valence-corrected chi connectivity index (χ1v) is 13.2. The number of rotatable bonds is 6. The maximum Gasteiger partial charge on any atom is 0.199 e. The summed E-state index contributed by atoms with van der Waals surface area (Å²) in [5.41, 5.74) is 3.98. The van der Waals surface area contributed by atoms with Crippen LogP contribution in [0, 0.1) is 0 Å². The molecule has 1 unspecified atom stereocenters. The molecule has 2 aromatic rings. The van der Waals surface area contributed by atoms with Gasteiger partial charge in [0.2, 0.25) is 0 Å². The van der Waals surface area contributed by atoms with Crippen LogP contribution in [0.1, 0.15) is 83.4 Å². The van der Waals surface area contributed by atoms with Crippen molar-refractivity contribution in [3.8, 4) is 0 Å². The summed E-state index contributed by atoms with van der Waals surface area (Å²) in [6.07, 6.45) is 8.59. The molecule has 1 aliphatic carbocycles. The summed E-state index contributed by atoms with van der Waals surface area (Å²) in [4.78, 5) is 13.2. The molecule has 1 aromatic carbocycles. The fourth-order valence-electron chi connectivity index (χ4n) is 3.88. The van der Waals surface area contributed by atoms with Crippen LogP contribution in [-0.4, -0.2) is 12.9 Å². The maximum atomic E-state index is 13.2. The van der Waals surface area contributed by atoms with Gasteiger partial charge in [0.1, 0.15) is 5.42 Å². The second kappa shape index (κ2) is 12.0. The molecule has 180 valence electrons. The molecule has 0 amide bonds. The van der Waals surface area contributed by atoms with Gasteiger partial charge in [-0.15, -0.1) is 0 Å². The van der Waals surface area contributed by atoms with Gasteiger partial charge < -0.3 is 13.9 Å². The molecule has 33 heavy (non-hydrogen) atoms. The predicted molar refractivity (Wildman–Crippen MR) is 137 cm³/mol. The average molecular weight is 471 g/mol. The van der Waals surface area contributed by atoms with Crippen LogP contribution in [0.25, 0.3) is 12.2 Å². The zero-order valence-electron chi connectivity index (χ0n) is 20.7. The van der Waals surface area contributed by atoms with Crippen LogP contribution in [0.15, 0.2) is 38.6 Å². The Bertz CT molecular complexity index is 1070. The predicted octanol–water partition coefficient (Wildman–Crippen LogP) is 5.65. The van der Waals surface area contributed by atoms with Gasteiger partial charge in [-0.2, -0.15) is 0 Å². The number of hydrogen-bond acceptors (Lipinski definition) is 5. The normalized spacial score (nSPS) is 17.8. The van der Waals surface area contributed by atoms with Crippen LogP contribution in [0.2, 0.25) is 0 Å². The van der Waals surface area contributed by atoms with E-state index in [0.717, 1.165) is 44.5 Å². The minimum absolute atomic E-state index is 0.0265. The average Bonchev–Trinajstić information content (AvgIpc) is 2.84. The van der Waals surface area contributed by atoms with Crippen molar-refractivity contribution >= 4 is 23.9 Å². The standard InChI is InChI=1S/C26H32O4S.C2H6/c1-26(2,3)19-13-11-18(12-14-19)17-31-25-21(16-29-23-10-6-7-15-28-23)24(27)20-8-4-5-9-22(20)30-25;1-2/h8-9,11-14,23H,4-7,10,15-17H2,1-3H3;1-2H3. The molecule has 0 radical (unpaired) electrons. The molecule has 2 aliphatic rings. The molecule has 1 saturated heterocycles. The van der Waals surface area contributed by atoms with E-state index in [1.807, 2.05) is 26.0 Å². The first-order chi connectivity index (χ1) is 15.9. The van der Waals surface area contributed by atoms with Crippen LogP contribution in [0.3, 0.4) is 0 Å². The first kappa shape index (κ1) is 25.8. The van der Waals surface area contributed by atoms with Gasteiger partial charge in [-0.1, -0.05) is 76.7 Å². The summed E-state index contributed by atoms with van der Waals surface area (Å²) in [5.74, 6) is 0.739. The third-order valence-electron chi connectivity index (χ3n) is 5.82. The van der Waals surface area contributed by atoms with Gasteiger partial charge in [-0.25, -0.2) is 0 Å². The number of ether oxygens (including phenoxy) is 2. The van der Waals surface area contributed by atoms with Gasteiger partial charge in [0.05, 0.1) is 17.4 Å². The zero-order valence-corrected chi connectivity index (χ0v) is 21.6. The lowest BCUT2D eigenvalue weighted by Crippen LogP contribution is -2.42. The van der Waals surface area contributed by atoms with Crippen molar-refractivity contribution in [3.05, 3.63) is 61.8 Å². The quantitative estimate of drug-likeness (QED) is 0.510. The highest BCUT2D eigenvalue weighted by atomic mass is 32.2. The molecule has 1 aromatic heterocycles. The highest BCUT2D eigenvalue weighted by Crippen LogP contribution is 2.27. The van der Waals surface area contributed by atoms with Crippen molar-refractivity contribution < 1.29 is 13.9 Å². The summed E-state index contributed by atoms with van der Waals surface area (Å²) < 4.78 is 17.9. The van der Waals surface area contributed by atoms with Crippen molar-refractivity contribution in [2.24, 2.45) is 0 Å². The second-order valence-electron chi connectivity index (χ2n) is 9.30. The largest absolute Gasteiger partial charge is 0.450 e. The van der Waals surface area contributed by atoms with Crippen molar-refractivity contribution in [1.29, 1.82) is 0 Å². The first-order valence-electron chi connectivity index (χ1n) is 12.2. The molecular formula is C28H38O4S. The van der Waals surface area contributed by atoms with Crippen molar-refractivity contribution in [3.63, 3.8) is 0 Å². The SMILES string of the molecule is CC.CC(C)(C)c1ccc(CSc2oc3c(c(=O)c2COC2CCCCO2)=CCCC=3)cc1. The summed E-state index contributed by atoms with van der Waals surface area (Å²) in [7, 11) is 0. The van der Waals surface area contributed by atoms with Crippen molar-refractivity contribution in [1.82, 2.24) is 0 Å². The Morgan fingerprint density at radius 3 is 2.45 bits per heavy atom. The number of thioether (sulfide) groups is 1. The van der Waals surface area contributed by atoms with Crippen LogP contribution in [0.4, 0.5) is 0 Å². The molecule has 0 spiro atoms. The van der Waals surface area contributed by atoms with Crippen LogP contribution >= 0.6 is 11.8 Å². The molecule has 1 atom stereocenters. The Kier molecular flexibility index (Phi) is 9.42. The summed E-state index contributed by atoms with van der Waals surface area (Å²) in [6.45, 7) is 11.6. The second-order valence-corrected chi connectivity index (χ2v) is 10.3. The summed E-state index contributed by atoms with van der Waals surface area (Å²) in [6, 6.07) is 8.70. The van der Waals surface area contributed by atoms with E-state index in [-0.39, 0.29) is 23.7 Å². The smallest absolute Gasteiger partial charge is 0.199 e. The topological polar surface area (TPSA) is 48.7 Å². The minimum atomic E-state index is -0.234. The molecule has 4 nitrogen and oxygen atoms in total. The zero-order chi connectivity index (χ0) is 23.8. The third-order valence-corrected chi connectivity index (χ3v) is 6.89. The molecule has 0 bridgehead atoms. The molecule has 1 aliphatic heterocycles. The molecule has 1 fully saturated rings. The third kappa shape index (κ3) is 6.84. The lowest BCUT2D eigenvalue weighted by atomic mass is 9.87. The monoisotopic (exact) mass is 470 g/mol. The number of fused-ring (bicyclic) bond motifs is 1. The molecule has 5 heteroatoms. The van der Waals surface area contributed by atoms with Gasteiger partial charge in [-0.05, 0) is 54.7 Å². The Labute approximate surface area is 202 Å². The van der Waals surface area contributed by atoms with Crippen molar-refractivity contribution in [2.75, 3.05) is 6.61 Å². The van der Waals surface area contributed by atoms with Gasteiger partial charge in [0.15, 0.2) is 16.8 Å². The van der Waals surface area contributed by atoms with Gasteiger partial charge in [0, 0.05) is 12.4 Å². The Morgan fingerprint density at radius 2 is 1.79 bits per heavy atom. The van der Waals surface area contributed by atoms with Gasteiger partial charge >= 0.3 is 0 Å². The number of benzene rings is 1. The number of hydrogen-bond donors (Lipinski definition) is 0. The maximum absolute atomic E-state index is 13.2. The lowest BCUT2D eigenvalue weighted by molar-refractivity contribution is -0.169. The highest BCUT2D eigenvalue weighted by molar-refractivity contribution is 7.98. The van der Waals surface area contributed by atoms with E-state index in [2.05, 4.69) is 45.0 Å². The molecule has 0 saturated carbocycles. The van der Waals surface area contributed by atoms with E-state index >= 15 is 0 Å². The summed E-state index contributed by atoms with van der Waals surface area (Å²) >= 11 is 1.57. The van der Waals surface area contributed by atoms with Crippen LogP contribution < -0.4 is 16.1 Å². The van der Waals surface area contributed by atoms with Crippen molar-refractivity contribution in [2.45, 2.75) is 95.9 Å². The van der Waals surface area contributed by atoms with Gasteiger partial charge in [-0.3, -0.25) is 4.79 Å². The van der Waals surface area contributed by atoms with E-state index in [1.165, 1.54) is 11.1 Å². The van der Waals surface area contributed by atoms with Crippen LogP contribution in [0.5, 0.6) is 0 Å². The Balaban J connectivity index is 0.00000149. The lowest BCUT2D eigenvalue weighted by Gasteiger charge is -2.23.